The highest BCUT2D eigenvalue weighted by molar-refractivity contribution is 6.39. The Hall–Kier alpha value is -3.61. The van der Waals surface area contributed by atoms with Gasteiger partial charge in [0.15, 0.2) is 0 Å². The van der Waals surface area contributed by atoms with Crippen molar-refractivity contribution in [1.29, 1.82) is 0 Å². The molecule has 0 aromatic heterocycles. The minimum Gasteiger partial charge on any atom is -0.494 e. The van der Waals surface area contributed by atoms with Gasteiger partial charge in [0.05, 0.1) is 12.3 Å². The molecule has 1 saturated heterocycles. The smallest absolute Gasteiger partial charge is 0.335 e. The molecule has 2 aliphatic heterocycles. The third-order valence-corrected chi connectivity index (χ3v) is 6.48. The van der Waals surface area contributed by atoms with E-state index in [1.807, 2.05) is 25.1 Å². The maximum absolute atomic E-state index is 13.2. The third-order valence-electron chi connectivity index (χ3n) is 6.48. The Morgan fingerprint density at radius 3 is 2.48 bits per heavy atom. The van der Waals surface area contributed by atoms with Crippen molar-refractivity contribution in [1.82, 2.24) is 5.32 Å². The summed E-state index contributed by atoms with van der Waals surface area (Å²) in [5.74, 6) is -0.384. The molecule has 0 saturated carbocycles. The van der Waals surface area contributed by atoms with E-state index in [0.717, 1.165) is 22.6 Å². The quantitative estimate of drug-likeness (QED) is 0.553. The summed E-state index contributed by atoms with van der Waals surface area (Å²) in [6, 6.07) is 11.8. The zero-order valence-electron chi connectivity index (χ0n) is 19.6. The predicted molar refractivity (Wildman–Crippen MR) is 129 cm³/mol. The first-order valence-corrected chi connectivity index (χ1v) is 11.1. The first kappa shape index (κ1) is 22.6. The number of fused-ring (bicyclic) bond motifs is 1. The highest BCUT2D eigenvalue weighted by Gasteiger charge is 2.37. The van der Waals surface area contributed by atoms with Crippen LogP contribution in [-0.4, -0.2) is 37.0 Å². The minimum atomic E-state index is -0.769. The number of anilines is 2. The molecule has 2 aliphatic rings. The summed E-state index contributed by atoms with van der Waals surface area (Å²) in [4.78, 5) is 41.4. The van der Waals surface area contributed by atoms with Crippen LogP contribution in [0.25, 0.3) is 6.08 Å². The number of carbonyl (C=O) groups excluding carboxylic acids is 3. The third kappa shape index (κ3) is 4.11. The molecular formula is C26H29N3O4. The van der Waals surface area contributed by atoms with Crippen molar-refractivity contribution >= 4 is 35.3 Å². The van der Waals surface area contributed by atoms with Crippen LogP contribution in [0.15, 0.2) is 48.0 Å². The molecule has 2 aromatic rings. The molecule has 7 nitrogen and oxygen atoms in total. The highest BCUT2D eigenvalue weighted by atomic mass is 16.5. The summed E-state index contributed by atoms with van der Waals surface area (Å²) >= 11 is 0. The fourth-order valence-electron chi connectivity index (χ4n) is 4.60. The van der Waals surface area contributed by atoms with Gasteiger partial charge in [-0.05, 0) is 86.7 Å². The molecule has 1 atom stereocenters. The molecule has 1 unspecified atom stereocenters. The van der Waals surface area contributed by atoms with Crippen LogP contribution in [-0.2, 0) is 9.59 Å². The summed E-state index contributed by atoms with van der Waals surface area (Å²) in [5, 5.41) is 2.28. The lowest BCUT2D eigenvalue weighted by Crippen LogP contribution is -2.54. The van der Waals surface area contributed by atoms with E-state index >= 15 is 0 Å². The lowest BCUT2D eigenvalue weighted by molar-refractivity contribution is -0.122. The first-order chi connectivity index (χ1) is 15.6. The fourth-order valence-corrected chi connectivity index (χ4v) is 4.60. The summed E-state index contributed by atoms with van der Waals surface area (Å²) < 4.78 is 5.42. The SMILES string of the molecule is CCOc1ccc(N2C(=O)NC(=O)/C(=C\c3ccc4c(c3)C(C)CC(C)(C)N4C)C2=O)cc1. The molecule has 2 aromatic carbocycles. The molecule has 4 rings (SSSR count). The number of carbonyl (C=O) groups is 3. The Morgan fingerprint density at radius 2 is 1.82 bits per heavy atom. The predicted octanol–water partition coefficient (Wildman–Crippen LogP) is 4.47. The van der Waals surface area contributed by atoms with Gasteiger partial charge in [-0.25, -0.2) is 9.69 Å². The van der Waals surface area contributed by atoms with Crippen LogP contribution in [0.1, 0.15) is 51.2 Å². The van der Waals surface area contributed by atoms with E-state index in [1.54, 1.807) is 30.3 Å². The Balaban J connectivity index is 1.68. The van der Waals surface area contributed by atoms with Crippen LogP contribution in [0.3, 0.4) is 0 Å². The van der Waals surface area contributed by atoms with Gasteiger partial charge in [-0.15, -0.1) is 0 Å². The van der Waals surface area contributed by atoms with E-state index in [4.69, 9.17) is 4.74 Å². The number of hydrogen-bond donors (Lipinski definition) is 1. The van der Waals surface area contributed by atoms with Crippen LogP contribution in [0.5, 0.6) is 5.75 Å². The Labute approximate surface area is 194 Å². The average molecular weight is 448 g/mol. The molecule has 33 heavy (non-hydrogen) atoms. The second kappa shape index (κ2) is 8.39. The van der Waals surface area contributed by atoms with Gasteiger partial charge in [-0.2, -0.15) is 0 Å². The second-order valence-corrected chi connectivity index (χ2v) is 9.18. The van der Waals surface area contributed by atoms with Gasteiger partial charge in [-0.1, -0.05) is 13.0 Å². The number of benzene rings is 2. The zero-order valence-corrected chi connectivity index (χ0v) is 19.6. The van der Waals surface area contributed by atoms with Crippen LogP contribution >= 0.6 is 0 Å². The van der Waals surface area contributed by atoms with E-state index in [2.05, 4.69) is 38.0 Å². The summed E-state index contributed by atoms with van der Waals surface area (Å²) in [7, 11) is 2.08. The number of barbiturate groups is 1. The van der Waals surface area contributed by atoms with Crippen molar-refractivity contribution in [2.75, 3.05) is 23.5 Å². The molecule has 0 spiro atoms. The summed E-state index contributed by atoms with van der Waals surface area (Å²) in [5.41, 5.74) is 3.39. The van der Waals surface area contributed by atoms with E-state index in [9.17, 15) is 14.4 Å². The molecule has 1 fully saturated rings. The molecule has 7 heteroatoms. The van der Waals surface area contributed by atoms with Crippen molar-refractivity contribution in [3.63, 3.8) is 0 Å². The molecule has 172 valence electrons. The molecule has 4 amide bonds. The second-order valence-electron chi connectivity index (χ2n) is 9.18. The van der Waals surface area contributed by atoms with Gasteiger partial charge in [0, 0.05) is 18.3 Å². The van der Waals surface area contributed by atoms with E-state index < -0.39 is 17.8 Å². The summed E-state index contributed by atoms with van der Waals surface area (Å²) in [6.07, 6.45) is 2.55. The normalized spacial score (nSPS) is 21.2. The van der Waals surface area contributed by atoms with Crippen molar-refractivity contribution in [2.45, 2.75) is 45.6 Å². The van der Waals surface area contributed by atoms with Crippen LogP contribution in [0, 0.1) is 0 Å². The Bertz CT molecular complexity index is 1150. The van der Waals surface area contributed by atoms with E-state index in [0.29, 0.717) is 24.0 Å². The number of nitrogens with one attached hydrogen (secondary N) is 1. The van der Waals surface area contributed by atoms with Gasteiger partial charge >= 0.3 is 6.03 Å². The number of ether oxygens (including phenoxy) is 1. The largest absolute Gasteiger partial charge is 0.494 e. The first-order valence-electron chi connectivity index (χ1n) is 11.1. The lowest BCUT2D eigenvalue weighted by atomic mass is 9.80. The Morgan fingerprint density at radius 1 is 1.12 bits per heavy atom. The standard InChI is InChI=1S/C26H29N3O4/c1-6-33-19-10-8-18(9-11-19)29-24(31)21(23(30)27-25(29)32)14-17-7-12-22-20(13-17)16(2)15-26(3,4)28(22)5/h7-14,16H,6,15H2,1-5H3,(H,27,30,32)/b21-14+. The van der Waals surface area contributed by atoms with Crippen LogP contribution in [0.2, 0.25) is 0 Å². The number of imide groups is 2. The molecule has 0 bridgehead atoms. The van der Waals surface area contributed by atoms with Crippen molar-refractivity contribution in [3.05, 3.63) is 59.2 Å². The van der Waals surface area contributed by atoms with Crippen LogP contribution < -0.4 is 19.9 Å². The van der Waals surface area contributed by atoms with Crippen LogP contribution in [0.4, 0.5) is 16.2 Å². The van der Waals surface area contributed by atoms with E-state index in [1.165, 1.54) is 5.56 Å². The van der Waals surface area contributed by atoms with Gasteiger partial charge < -0.3 is 9.64 Å². The number of nitrogens with zero attached hydrogens (tertiary/aromatic N) is 2. The van der Waals surface area contributed by atoms with Crippen molar-refractivity contribution in [2.24, 2.45) is 0 Å². The number of hydrogen-bond acceptors (Lipinski definition) is 5. The molecule has 2 heterocycles. The zero-order chi connectivity index (χ0) is 23.9. The molecule has 1 N–H and O–H groups in total. The van der Waals surface area contributed by atoms with Gasteiger partial charge in [0.2, 0.25) is 0 Å². The topological polar surface area (TPSA) is 79.0 Å². The number of amides is 4. The number of rotatable bonds is 4. The molecule has 0 aliphatic carbocycles. The van der Waals surface area contributed by atoms with E-state index in [-0.39, 0.29) is 11.1 Å². The molecular weight excluding hydrogens is 418 g/mol. The van der Waals surface area contributed by atoms with Crippen molar-refractivity contribution < 1.29 is 19.1 Å². The van der Waals surface area contributed by atoms with Gasteiger partial charge in [0.1, 0.15) is 11.3 Å². The average Bonchev–Trinajstić information content (AvgIpc) is 2.76. The van der Waals surface area contributed by atoms with Crippen molar-refractivity contribution in [3.8, 4) is 5.75 Å². The van der Waals surface area contributed by atoms with Gasteiger partial charge in [-0.3, -0.25) is 14.9 Å². The number of urea groups is 1. The Kier molecular flexibility index (Phi) is 5.74. The monoisotopic (exact) mass is 447 g/mol. The molecule has 0 radical (unpaired) electrons. The highest BCUT2D eigenvalue weighted by Crippen LogP contribution is 2.42. The summed E-state index contributed by atoms with van der Waals surface area (Å²) in [6.45, 7) is 9.02. The minimum absolute atomic E-state index is 0.0458. The fraction of sp³-hybridized carbons (Fsp3) is 0.346. The van der Waals surface area contributed by atoms with Gasteiger partial charge in [0.25, 0.3) is 11.8 Å². The lowest BCUT2D eigenvalue weighted by Gasteiger charge is -2.45. The maximum atomic E-state index is 13.2. The maximum Gasteiger partial charge on any atom is 0.335 e.